The first-order valence-corrected chi connectivity index (χ1v) is 10.9. The number of anilines is 1. The van der Waals surface area contributed by atoms with E-state index in [1.165, 1.54) is 15.4 Å². The van der Waals surface area contributed by atoms with E-state index >= 15 is 0 Å². The van der Waals surface area contributed by atoms with E-state index in [1.54, 1.807) is 24.3 Å². The standard InChI is InChI=1S/C21H26N2O3S/c1-17-8-2-3-9-18(17)10-6-13-21(24)22-19-11-7-12-20(16-19)27(25,26)23-14-4-5-15-23/h2-3,7-9,11-12,16H,4-6,10,13-15H2,1H3,(H,22,24). The van der Waals surface area contributed by atoms with Crippen molar-refractivity contribution in [1.82, 2.24) is 4.31 Å². The van der Waals surface area contributed by atoms with Gasteiger partial charge in [-0.3, -0.25) is 4.79 Å². The maximum Gasteiger partial charge on any atom is 0.243 e. The zero-order valence-electron chi connectivity index (χ0n) is 15.6. The van der Waals surface area contributed by atoms with Crippen LogP contribution >= 0.6 is 0 Å². The second kappa shape index (κ2) is 8.67. The van der Waals surface area contributed by atoms with Gasteiger partial charge in [0, 0.05) is 25.2 Å². The third-order valence-electron chi connectivity index (χ3n) is 4.93. The lowest BCUT2D eigenvalue weighted by atomic mass is 10.0. The van der Waals surface area contributed by atoms with Crippen molar-refractivity contribution in [2.24, 2.45) is 0 Å². The summed E-state index contributed by atoms with van der Waals surface area (Å²) in [5, 5.41) is 2.82. The Morgan fingerprint density at radius 1 is 1.07 bits per heavy atom. The van der Waals surface area contributed by atoms with Crippen LogP contribution in [0.25, 0.3) is 0 Å². The van der Waals surface area contributed by atoms with Crippen LogP contribution in [0.15, 0.2) is 53.4 Å². The summed E-state index contributed by atoms with van der Waals surface area (Å²) in [5.74, 6) is -0.0979. The molecule has 2 aromatic rings. The van der Waals surface area contributed by atoms with Crippen molar-refractivity contribution < 1.29 is 13.2 Å². The zero-order chi connectivity index (χ0) is 19.3. The highest BCUT2D eigenvalue weighted by Gasteiger charge is 2.27. The highest BCUT2D eigenvalue weighted by Crippen LogP contribution is 2.23. The van der Waals surface area contributed by atoms with Crippen LogP contribution in [-0.2, 0) is 21.2 Å². The molecule has 0 saturated carbocycles. The molecule has 1 saturated heterocycles. The number of hydrogen-bond acceptors (Lipinski definition) is 3. The average molecular weight is 387 g/mol. The Hall–Kier alpha value is -2.18. The molecule has 1 heterocycles. The fourth-order valence-electron chi connectivity index (χ4n) is 3.37. The summed E-state index contributed by atoms with van der Waals surface area (Å²) in [5.41, 5.74) is 3.01. The molecule has 0 atom stereocenters. The Balaban J connectivity index is 1.57. The molecule has 5 nitrogen and oxygen atoms in total. The SMILES string of the molecule is Cc1ccccc1CCCC(=O)Nc1cccc(S(=O)(=O)N2CCCC2)c1. The molecule has 6 heteroatoms. The summed E-state index contributed by atoms with van der Waals surface area (Å²) in [4.78, 5) is 12.5. The molecule has 0 radical (unpaired) electrons. The average Bonchev–Trinajstić information content (AvgIpc) is 3.19. The van der Waals surface area contributed by atoms with Crippen molar-refractivity contribution in [2.75, 3.05) is 18.4 Å². The fraction of sp³-hybridized carbons (Fsp3) is 0.381. The van der Waals surface area contributed by atoms with Gasteiger partial charge in [0.05, 0.1) is 4.90 Å². The molecule has 2 aromatic carbocycles. The number of carbonyl (C=O) groups excluding carboxylic acids is 1. The smallest absolute Gasteiger partial charge is 0.243 e. The number of carbonyl (C=O) groups is 1. The van der Waals surface area contributed by atoms with Crippen LogP contribution in [0.5, 0.6) is 0 Å². The van der Waals surface area contributed by atoms with Crippen molar-refractivity contribution >= 4 is 21.6 Å². The van der Waals surface area contributed by atoms with E-state index in [2.05, 4.69) is 24.4 Å². The van der Waals surface area contributed by atoms with Gasteiger partial charge >= 0.3 is 0 Å². The number of aryl methyl sites for hydroxylation is 2. The molecular weight excluding hydrogens is 360 g/mol. The van der Waals surface area contributed by atoms with Gasteiger partial charge in [0.15, 0.2) is 0 Å². The quantitative estimate of drug-likeness (QED) is 0.788. The Bertz CT molecular complexity index is 903. The molecule has 0 bridgehead atoms. The highest BCUT2D eigenvalue weighted by molar-refractivity contribution is 7.89. The zero-order valence-corrected chi connectivity index (χ0v) is 16.5. The van der Waals surface area contributed by atoms with Gasteiger partial charge in [-0.1, -0.05) is 30.3 Å². The number of amides is 1. The molecule has 0 spiro atoms. The van der Waals surface area contributed by atoms with Crippen LogP contribution in [0.4, 0.5) is 5.69 Å². The maximum atomic E-state index is 12.6. The first-order chi connectivity index (χ1) is 13.0. The van der Waals surface area contributed by atoms with Crippen LogP contribution in [-0.4, -0.2) is 31.7 Å². The number of hydrogen-bond donors (Lipinski definition) is 1. The molecule has 0 aliphatic carbocycles. The van der Waals surface area contributed by atoms with Gasteiger partial charge < -0.3 is 5.32 Å². The Labute approximate surface area is 161 Å². The van der Waals surface area contributed by atoms with Crippen molar-refractivity contribution in [3.05, 3.63) is 59.7 Å². The first-order valence-electron chi connectivity index (χ1n) is 9.41. The summed E-state index contributed by atoms with van der Waals surface area (Å²) < 4.78 is 26.8. The molecule has 0 unspecified atom stereocenters. The van der Waals surface area contributed by atoms with Gasteiger partial charge in [0.25, 0.3) is 0 Å². The van der Waals surface area contributed by atoms with Crippen molar-refractivity contribution in [3.63, 3.8) is 0 Å². The van der Waals surface area contributed by atoms with E-state index in [9.17, 15) is 13.2 Å². The van der Waals surface area contributed by atoms with Crippen LogP contribution in [0.3, 0.4) is 0 Å². The molecule has 1 fully saturated rings. The van der Waals surface area contributed by atoms with E-state index in [0.717, 1.165) is 25.7 Å². The summed E-state index contributed by atoms with van der Waals surface area (Å²) in [6.07, 6.45) is 3.80. The first kappa shape index (κ1) is 19.6. The van der Waals surface area contributed by atoms with E-state index in [-0.39, 0.29) is 10.8 Å². The fourth-order valence-corrected chi connectivity index (χ4v) is 4.93. The molecule has 3 rings (SSSR count). The van der Waals surface area contributed by atoms with E-state index in [4.69, 9.17) is 0 Å². The number of nitrogens with zero attached hydrogens (tertiary/aromatic N) is 1. The third-order valence-corrected chi connectivity index (χ3v) is 6.83. The van der Waals surface area contributed by atoms with Gasteiger partial charge in [-0.2, -0.15) is 4.31 Å². The molecule has 1 N–H and O–H groups in total. The summed E-state index contributed by atoms with van der Waals surface area (Å²) >= 11 is 0. The van der Waals surface area contributed by atoms with E-state index in [0.29, 0.717) is 25.2 Å². The van der Waals surface area contributed by atoms with Crippen LogP contribution < -0.4 is 5.32 Å². The Kier molecular flexibility index (Phi) is 6.29. The normalized spacial score (nSPS) is 15.0. The van der Waals surface area contributed by atoms with E-state index < -0.39 is 10.0 Å². The number of benzene rings is 2. The molecule has 144 valence electrons. The second-order valence-electron chi connectivity index (χ2n) is 6.97. The molecule has 0 aromatic heterocycles. The second-order valence-corrected chi connectivity index (χ2v) is 8.91. The number of nitrogens with one attached hydrogen (secondary N) is 1. The van der Waals surface area contributed by atoms with E-state index in [1.807, 2.05) is 12.1 Å². The summed E-state index contributed by atoms with van der Waals surface area (Å²) in [6.45, 7) is 3.21. The monoisotopic (exact) mass is 386 g/mol. The van der Waals surface area contributed by atoms with Gasteiger partial charge in [-0.05, 0) is 61.9 Å². The van der Waals surface area contributed by atoms with Crippen LogP contribution in [0.2, 0.25) is 0 Å². The lowest BCUT2D eigenvalue weighted by molar-refractivity contribution is -0.116. The molecule has 1 aliphatic rings. The van der Waals surface area contributed by atoms with Gasteiger partial charge in [-0.15, -0.1) is 0 Å². The minimum absolute atomic E-state index is 0.0979. The lowest BCUT2D eigenvalue weighted by Crippen LogP contribution is -2.27. The van der Waals surface area contributed by atoms with Gasteiger partial charge in [-0.25, -0.2) is 8.42 Å². The highest BCUT2D eigenvalue weighted by atomic mass is 32.2. The molecular formula is C21H26N2O3S. The largest absolute Gasteiger partial charge is 0.326 e. The van der Waals surface area contributed by atoms with Crippen LogP contribution in [0, 0.1) is 6.92 Å². The van der Waals surface area contributed by atoms with Gasteiger partial charge in [0.1, 0.15) is 0 Å². The molecule has 1 amide bonds. The van der Waals surface area contributed by atoms with Crippen molar-refractivity contribution in [3.8, 4) is 0 Å². The Morgan fingerprint density at radius 2 is 1.81 bits per heavy atom. The summed E-state index contributed by atoms with van der Waals surface area (Å²) in [7, 11) is -3.47. The third kappa shape index (κ3) is 4.96. The minimum atomic E-state index is -3.47. The van der Waals surface area contributed by atoms with Crippen LogP contribution in [0.1, 0.15) is 36.8 Å². The number of rotatable bonds is 7. The predicted octanol–water partition coefficient (Wildman–Crippen LogP) is 3.74. The Morgan fingerprint density at radius 3 is 2.56 bits per heavy atom. The number of sulfonamides is 1. The predicted molar refractivity (Wildman–Crippen MR) is 107 cm³/mol. The summed E-state index contributed by atoms with van der Waals surface area (Å²) in [6, 6.07) is 14.7. The van der Waals surface area contributed by atoms with Gasteiger partial charge in [0.2, 0.25) is 15.9 Å². The maximum absolute atomic E-state index is 12.6. The lowest BCUT2D eigenvalue weighted by Gasteiger charge is -2.16. The van der Waals surface area contributed by atoms with Crippen molar-refractivity contribution in [1.29, 1.82) is 0 Å². The van der Waals surface area contributed by atoms with Crippen molar-refractivity contribution in [2.45, 2.75) is 43.9 Å². The minimum Gasteiger partial charge on any atom is -0.326 e. The molecule has 27 heavy (non-hydrogen) atoms. The molecule has 1 aliphatic heterocycles. The topological polar surface area (TPSA) is 66.5 Å².